The lowest BCUT2D eigenvalue weighted by molar-refractivity contribution is -0.150. The molecule has 0 aliphatic heterocycles. The third-order valence-electron chi connectivity index (χ3n) is 4.85. The number of esters is 1. The number of carbonyl (C=O) groups is 2. The van der Waals surface area contributed by atoms with Crippen LogP contribution in [0.3, 0.4) is 0 Å². The molecule has 2 aliphatic rings. The predicted octanol–water partition coefficient (Wildman–Crippen LogP) is 3.12. The molecule has 0 unspecified atom stereocenters. The third kappa shape index (κ3) is 2.60. The number of Topliss-reactive ketones (excluding diaryl/α,β-unsaturated/α-hetero) is 1. The van der Waals surface area contributed by atoms with Gasteiger partial charge in [-0.2, -0.15) is 0 Å². The molecule has 2 fully saturated rings. The number of hydrogen-bond acceptors (Lipinski definition) is 3. The summed E-state index contributed by atoms with van der Waals surface area (Å²) in [6.07, 6.45) is 6.49. The van der Waals surface area contributed by atoms with Crippen LogP contribution in [-0.4, -0.2) is 18.4 Å². The molecule has 0 saturated heterocycles. The van der Waals surface area contributed by atoms with Crippen LogP contribution in [0.15, 0.2) is 0 Å². The fourth-order valence-corrected chi connectivity index (χ4v) is 3.98. The van der Waals surface area contributed by atoms with Crippen LogP contribution in [-0.2, 0) is 14.3 Å². The fourth-order valence-electron chi connectivity index (χ4n) is 3.98. The highest BCUT2D eigenvalue weighted by Gasteiger charge is 2.47. The molecule has 0 heterocycles. The van der Waals surface area contributed by atoms with Gasteiger partial charge in [0.15, 0.2) is 0 Å². The Morgan fingerprint density at radius 3 is 2.89 bits per heavy atom. The van der Waals surface area contributed by atoms with Crippen molar-refractivity contribution in [2.75, 3.05) is 6.61 Å². The molecule has 0 spiro atoms. The van der Waals surface area contributed by atoms with E-state index >= 15 is 0 Å². The summed E-state index contributed by atoms with van der Waals surface area (Å²) in [5, 5.41) is 0. The molecule has 0 aromatic carbocycles. The van der Waals surface area contributed by atoms with Crippen molar-refractivity contribution in [1.82, 2.24) is 0 Å². The Bertz CT molecular complexity index is 337. The van der Waals surface area contributed by atoms with E-state index in [-0.39, 0.29) is 17.3 Å². The quantitative estimate of drug-likeness (QED) is 0.725. The highest BCUT2D eigenvalue weighted by atomic mass is 16.5. The van der Waals surface area contributed by atoms with Crippen LogP contribution in [0.4, 0.5) is 0 Å². The van der Waals surface area contributed by atoms with Crippen molar-refractivity contribution in [3.8, 4) is 0 Å². The van der Waals surface area contributed by atoms with Crippen molar-refractivity contribution in [3.05, 3.63) is 0 Å². The molecular weight excluding hydrogens is 228 g/mol. The summed E-state index contributed by atoms with van der Waals surface area (Å²) in [6.45, 7) is 4.47. The maximum absolute atomic E-state index is 12.0. The number of carbonyl (C=O) groups excluding carboxylic acids is 2. The van der Waals surface area contributed by atoms with Gasteiger partial charge in [-0.3, -0.25) is 9.59 Å². The summed E-state index contributed by atoms with van der Waals surface area (Å²) in [6, 6.07) is 0. The van der Waals surface area contributed by atoms with Crippen molar-refractivity contribution >= 4 is 11.8 Å². The standard InChI is InChI=1S/C15H24O3/c1-3-18-14(17)10-15(2)9-5-6-11-12(15)7-4-8-13(11)16/h11-12H,3-10H2,1-2H3/t11-,12+,15-/m1/s1. The van der Waals surface area contributed by atoms with Crippen LogP contribution in [0.25, 0.3) is 0 Å². The van der Waals surface area contributed by atoms with E-state index in [9.17, 15) is 9.59 Å². The van der Waals surface area contributed by atoms with E-state index in [1.165, 1.54) is 0 Å². The Morgan fingerprint density at radius 2 is 2.17 bits per heavy atom. The Balaban J connectivity index is 2.10. The molecule has 102 valence electrons. The normalized spacial score (nSPS) is 36.0. The summed E-state index contributed by atoms with van der Waals surface area (Å²) in [5.74, 6) is 0.948. The van der Waals surface area contributed by atoms with E-state index in [4.69, 9.17) is 4.74 Å². The molecule has 2 rings (SSSR count). The molecule has 2 aliphatic carbocycles. The monoisotopic (exact) mass is 252 g/mol. The zero-order valence-electron chi connectivity index (χ0n) is 11.5. The molecular formula is C15H24O3. The second-order valence-electron chi connectivity index (χ2n) is 6.10. The zero-order chi connectivity index (χ0) is 13.2. The van der Waals surface area contributed by atoms with E-state index in [2.05, 4.69) is 6.92 Å². The molecule has 0 amide bonds. The summed E-state index contributed by atoms with van der Waals surface area (Å²) >= 11 is 0. The first-order valence-electron chi connectivity index (χ1n) is 7.25. The summed E-state index contributed by atoms with van der Waals surface area (Å²) in [5.41, 5.74) is -0.0226. The third-order valence-corrected chi connectivity index (χ3v) is 4.85. The predicted molar refractivity (Wildman–Crippen MR) is 69.0 cm³/mol. The molecule has 0 bridgehead atoms. The summed E-state index contributed by atoms with van der Waals surface area (Å²) in [7, 11) is 0. The molecule has 0 aromatic heterocycles. The van der Waals surface area contributed by atoms with E-state index in [0.717, 1.165) is 38.5 Å². The average molecular weight is 252 g/mol. The molecule has 2 saturated carbocycles. The largest absolute Gasteiger partial charge is 0.466 e. The molecule has 3 heteroatoms. The van der Waals surface area contributed by atoms with Crippen molar-refractivity contribution in [2.24, 2.45) is 17.3 Å². The smallest absolute Gasteiger partial charge is 0.306 e. The van der Waals surface area contributed by atoms with Crippen molar-refractivity contribution in [1.29, 1.82) is 0 Å². The molecule has 0 N–H and O–H groups in total. The van der Waals surface area contributed by atoms with Gasteiger partial charge in [-0.05, 0) is 43.9 Å². The number of fused-ring (bicyclic) bond motifs is 1. The van der Waals surface area contributed by atoms with Gasteiger partial charge in [0.2, 0.25) is 0 Å². The lowest BCUT2D eigenvalue weighted by atomic mass is 9.56. The number of ether oxygens (including phenoxy) is 1. The van der Waals surface area contributed by atoms with Crippen LogP contribution in [0, 0.1) is 17.3 Å². The lowest BCUT2D eigenvalue weighted by Gasteiger charge is -2.47. The maximum atomic E-state index is 12.0. The molecule has 3 atom stereocenters. The summed E-state index contributed by atoms with van der Waals surface area (Å²) in [4.78, 5) is 23.8. The van der Waals surface area contributed by atoms with Crippen LogP contribution in [0.1, 0.15) is 58.8 Å². The van der Waals surface area contributed by atoms with E-state index < -0.39 is 0 Å². The zero-order valence-corrected chi connectivity index (χ0v) is 11.5. The number of ketones is 1. The lowest BCUT2D eigenvalue weighted by Crippen LogP contribution is -2.44. The van der Waals surface area contributed by atoms with Gasteiger partial charge < -0.3 is 4.74 Å². The minimum Gasteiger partial charge on any atom is -0.466 e. The average Bonchev–Trinajstić information content (AvgIpc) is 2.31. The van der Waals surface area contributed by atoms with Gasteiger partial charge in [-0.15, -0.1) is 0 Å². The first-order chi connectivity index (χ1) is 8.57. The first-order valence-corrected chi connectivity index (χ1v) is 7.25. The van der Waals surface area contributed by atoms with Crippen LogP contribution >= 0.6 is 0 Å². The second kappa shape index (κ2) is 5.41. The van der Waals surface area contributed by atoms with Gasteiger partial charge in [0, 0.05) is 12.3 Å². The van der Waals surface area contributed by atoms with Gasteiger partial charge in [-0.1, -0.05) is 13.3 Å². The highest BCUT2D eigenvalue weighted by Crippen LogP contribution is 2.51. The molecule has 0 radical (unpaired) electrons. The minimum atomic E-state index is -0.0985. The first kappa shape index (κ1) is 13.6. The van der Waals surface area contributed by atoms with Crippen molar-refractivity contribution in [3.63, 3.8) is 0 Å². The maximum Gasteiger partial charge on any atom is 0.306 e. The van der Waals surface area contributed by atoms with Gasteiger partial charge >= 0.3 is 5.97 Å². The molecule has 18 heavy (non-hydrogen) atoms. The minimum absolute atomic E-state index is 0.0226. The molecule has 0 aromatic rings. The SMILES string of the molecule is CCOC(=O)C[C@@]1(C)CCC[C@H]2C(=O)CCC[C@@H]21. The van der Waals surface area contributed by atoms with Crippen LogP contribution < -0.4 is 0 Å². The van der Waals surface area contributed by atoms with Gasteiger partial charge in [0.25, 0.3) is 0 Å². The van der Waals surface area contributed by atoms with E-state index in [1.807, 2.05) is 6.92 Å². The van der Waals surface area contributed by atoms with Crippen LogP contribution in [0.2, 0.25) is 0 Å². The van der Waals surface area contributed by atoms with Crippen molar-refractivity contribution < 1.29 is 14.3 Å². The number of hydrogen-bond donors (Lipinski definition) is 0. The van der Waals surface area contributed by atoms with Crippen LogP contribution in [0.5, 0.6) is 0 Å². The summed E-state index contributed by atoms with van der Waals surface area (Å²) < 4.78 is 5.09. The fraction of sp³-hybridized carbons (Fsp3) is 0.867. The Kier molecular flexibility index (Phi) is 4.08. The molecule has 3 nitrogen and oxygen atoms in total. The number of rotatable bonds is 3. The van der Waals surface area contributed by atoms with Gasteiger partial charge in [0.1, 0.15) is 5.78 Å². The topological polar surface area (TPSA) is 43.4 Å². The second-order valence-corrected chi connectivity index (χ2v) is 6.10. The Hall–Kier alpha value is -0.860. The van der Waals surface area contributed by atoms with E-state index in [1.54, 1.807) is 0 Å². The highest BCUT2D eigenvalue weighted by molar-refractivity contribution is 5.82. The van der Waals surface area contributed by atoms with Gasteiger partial charge in [0.05, 0.1) is 13.0 Å². The van der Waals surface area contributed by atoms with E-state index in [0.29, 0.717) is 24.7 Å². The Labute approximate surface area is 109 Å². The Morgan fingerprint density at radius 1 is 1.39 bits per heavy atom. The van der Waals surface area contributed by atoms with Gasteiger partial charge in [-0.25, -0.2) is 0 Å². The van der Waals surface area contributed by atoms with Crippen molar-refractivity contribution in [2.45, 2.75) is 58.8 Å².